The van der Waals surface area contributed by atoms with Crippen LogP contribution in [0.2, 0.25) is 0 Å². The van der Waals surface area contributed by atoms with Gasteiger partial charge in [-0.3, -0.25) is 0 Å². The van der Waals surface area contributed by atoms with Crippen LogP contribution in [0.5, 0.6) is 0 Å². The number of hydrogen-bond acceptors (Lipinski definition) is 5. The Morgan fingerprint density at radius 3 is 2.55 bits per heavy atom. The number of nitrogens with zero attached hydrogens (tertiary/aromatic N) is 2. The molecule has 114 valence electrons. The van der Waals surface area contributed by atoms with Gasteiger partial charge in [-0.1, -0.05) is 32.9 Å². The van der Waals surface area contributed by atoms with E-state index in [0.29, 0.717) is 18.1 Å². The van der Waals surface area contributed by atoms with E-state index in [1.807, 2.05) is 27.7 Å². The number of aliphatic hydroxyl groups excluding tert-OH is 1. The van der Waals surface area contributed by atoms with Crippen molar-refractivity contribution in [3.05, 3.63) is 11.7 Å². The Morgan fingerprint density at radius 2 is 2.10 bits per heavy atom. The summed E-state index contributed by atoms with van der Waals surface area (Å²) in [4.78, 5) is 15.9. The highest BCUT2D eigenvalue weighted by Gasteiger charge is 2.23. The number of urea groups is 1. The molecule has 0 bridgehead atoms. The van der Waals surface area contributed by atoms with Gasteiger partial charge in [-0.05, 0) is 11.8 Å². The number of carbonyl (C=O) groups is 1. The summed E-state index contributed by atoms with van der Waals surface area (Å²) in [5, 5.41) is 19.1. The van der Waals surface area contributed by atoms with Crippen LogP contribution >= 0.6 is 0 Å². The SMILES string of the molecule is CCC(NC(=O)NCC(O)C(C)(C)C)c1noc(C)n1. The fourth-order valence-corrected chi connectivity index (χ4v) is 1.51. The molecule has 0 spiro atoms. The first-order chi connectivity index (χ1) is 9.24. The predicted octanol–water partition coefficient (Wildman–Crippen LogP) is 1.54. The minimum Gasteiger partial charge on any atom is -0.391 e. The topological polar surface area (TPSA) is 100 Å². The molecule has 1 rings (SSSR count). The van der Waals surface area contributed by atoms with Crippen LogP contribution in [0.15, 0.2) is 4.52 Å². The van der Waals surface area contributed by atoms with Gasteiger partial charge in [0.05, 0.1) is 12.1 Å². The van der Waals surface area contributed by atoms with Crippen LogP contribution in [-0.2, 0) is 0 Å². The van der Waals surface area contributed by atoms with Gasteiger partial charge in [0.25, 0.3) is 0 Å². The van der Waals surface area contributed by atoms with Crippen LogP contribution in [-0.4, -0.2) is 33.9 Å². The summed E-state index contributed by atoms with van der Waals surface area (Å²) in [5.41, 5.74) is -0.276. The van der Waals surface area contributed by atoms with Crippen LogP contribution < -0.4 is 10.6 Å². The first-order valence-electron chi connectivity index (χ1n) is 6.76. The molecule has 2 atom stereocenters. The zero-order valence-electron chi connectivity index (χ0n) is 12.7. The average Bonchev–Trinajstić information content (AvgIpc) is 2.78. The van der Waals surface area contributed by atoms with Gasteiger partial charge in [-0.25, -0.2) is 4.79 Å². The Hall–Kier alpha value is -1.63. The minimum atomic E-state index is -0.610. The number of aliphatic hydroxyl groups is 1. The fourth-order valence-electron chi connectivity index (χ4n) is 1.51. The summed E-state index contributed by atoms with van der Waals surface area (Å²) < 4.78 is 4.90. The van der Waals surface area contributed by atoms with Crippen molar-refractivity contribution < 1.29 is 14.4 Å². The van der Waals surface area contributed by atoms with E-state index in [2.05, 4.69) is 20.8 Å². The Bertz CT molecular complexity index is 439. The number of nitrogens with one attached hydrogen (secondary N) is 2. The molecular formula is C13H24N4O3. The molecule has 0 aliphatic heterocycles. The lowest BCUT2D eigenvalue weighted by Gasteiger charge is -2.26. The van der Waals surface area contributed by atoms with Crippen molar-refractivity contribution in [2.75, 3.05) is 6.54 Å². The van der Waals surface area contributed by atoms with Crippen molar-refractivity contribution in [3.63, 3.8) is 0 Å². The number of rotatable bonds is 5. The second kappa shape index (κ2) is 6.69. The Morgan fingerprint density at radius 1 is 1.45 bits per heavy atom. The van der Waals surface area contributed by atoms with Crippen molar-refractivity contribution in [1.82, 2.24) is 20.8 Å². The summed E-state index contributed by atoms with van der Waals surface area (Å²) >= 11 is 0. The van der Waals surface area contributed by atoms with Crippen LogP contribution in [0.4, 0.5) is 4.79 Å². The molecule has 1 aromatic rings. The summed E-state index contributed by atoms with van der Waals surface area (Å²) in [6, 6.07) is -0.665. The molecule has 1 aromatic heterocycles. The van der Waals surface area contributed by atoms with Gasteiger partial charge < -0.3 is 20.3 Å². The highest BCUT2D eigenvalue weighted by atomic mass is 16.5. The van der Waals surface area contributed by atoms with Gasteiger partial charge >= 0.3 is 6.03 Å². The van der Waals surface area contributed by atoms with Crippen LogP contribution in [0.25, 0.3) is 0 Å². The fraction of sp³-hybridized carbons (Fsp3) is 0.769. The monoisotopic (exact) mass is 284 g/mol. The smallest absolute Gasteiger partial charge is 0.315 e. The molecule has 0 radical (unpaired) electrons. The number of hydrogen-bond donors (Lipinski definition) is 3. The summed E-state index contributed by atoms with van der Waals surface area (Å²) in [6.45, 7) is 9.54. The van der Waals surface area contributed by atoms with E-state index in [1.54, 1.807) is 6.92 Å². The van der Waals surface area contributed by atoms with Crippen molar-refractivity contribution in [2.45, 2.75) is 53.2 Å². The number of amides is 2. The third-order valence-electron chi connectivity index (χ3n) is 3.02. The molecule has 0 aromatic carbocycles. The highest BCUT2D eigenvalue weighted by molar-refractivity contribution is 5.74. The molecule has 2 amide bonds. The van der Waals surface area contributed by atoms with E-state index in [9.17, 15) is 9.90 Å². The minimum absolute atomic E-state index is 0.192. The first-order valence-corrected chi connectivity index (χ1v) is 6.76. The van der Waals surface area contributed by atoms with Gasteiger partial charge in [0, 0.05) is 13.5 Å². The van der Waals surface area contributed by atoms with E-state index < -0.39 is 6.10 Å². The van der Waals surface area contributed by atoms with E-state index >= 15 is 0 Å². The maximum absolute atomic E-state index is 11.8. The predicted molar refractivity (Wildman–Crippen MR) is 74.1 cm³/mol. The van der Waals surface area contributed by atoms with E-state index in [-0.39, 0.29) is 24.0 Å². The van der Waals surface area contributed by atoms with Gasteiger partial charge in [-0.15, -0.1) is 0 Å². The van der Waals surface area contributed by atoms with Gasteiger partial charge in [0.15, 0.2) is 5.82 Å². The number of aryl methyl sites for hydroxylation is 1. The molecule has 1 heterocycles. The second-order valence-electron chi connectivity index (χ2n) is 5.87. The van der Waals surface area contributed by atoms with Crippen LogP contribution in [0.1, 0.15) is 51.9 Å². The largest absolute Gasteiger partial charge is 0.391 e. The maximum Gasteiger partial charge on any atom is 0.315 e. The molecular weight excluding hydrogens is 260 g/mol. The Labute approximate surface area is 119 Å². The van der Waals surface area contributed by atoms with Crippen molar-refractivity contribution in [3.8, 4) is 0 Å². The average molecular weight is 284 g/mol. The molecule has 7 heteroatoms. The molecule has 0 aliphatic carbocycles. The van der Waals surface area contributed by atoms with Gasteiger partial charge in [0.2, 0.25) is 5.89 Å². The lowest BCUT2D eigenvalue weighted by molar-refractivity contribution is 0.0648. The molecule has 20 heavy (non-hydrogen) atoms. The molecule has 0 aliphatic rings. The van der Waals surface area contributed by atoms with Gasteiger partial charge in [0.1, 0.15) is 0 Å². The van der Waals surface area contributed by atoms with Crippen molar-refractivity contribution in [1.29, 1.82) is 0 Å². The third-order valence-corrected chi connectivity index (χ3v) is 3.02. The molecule has 2 unspecified atom stereocenters. The lowest BCUT2D eigenvalue weighted by atomic mass is 9.89. The van der Waals surface area contributed by atoms with E-state index in [1.165, 1.54) is 0 Å². The molecule has 0 saturated heterocycles. The molecule has 0 fully saturated rings. The van der Waals surface area contributed by atoms with Crippen LogP contribution in [0, 0.1) is 12.3 Å². The summed E-state index contributed by atoms with van der Waals surface area (Å²) in [5.74, 6) is 0.917. The Kier molecular flexibility index (Phi) is 5.50. The lowest BCUT2D eigenvalue weighted by Crippen LogP contribution is -2.44. The van der Waals surface area contributed by atoms with E-state index in [4.69, 9.17) is 4.52 Å². The Balaban J connectivity index is 2.48. The normalized spacial score (nSPS) is 14.7. The maximum atomic E-state index is 11.8. The molecule has 3 N–H and O–H groups in total. The zero-order valence-corrected chi connectivity index (χ0v) is 12.7. The highest BCUT2D eigenvalue weighted by Crippen LogP contribution is 2.18. The third kappa shape index (κ3) is 4.80. The zero-order chi connectivity index (χ0) is 15.3. The number of carbonyl (C=O) groups excluding carboxylic acids is 1. The molecule has 0 saturated carbocycles. The van der Waals surface area contributed by atoms with Gasteiger partial charge in [-0.2, -0.15) is 4.98 Å². The van der Waals surface area contributed by atoms with E-state index in [0.717, 1.165) is 0 Å². The second-order valence-corrected chi connectivity index (χ2v) is 5.87. The quantitative estimate of drug-likeness (QED) is 0.761. The van der Waals surface area contributed by atoms with Crippen LogP contribution in [0.3, 0.4) is 0 Å². The summed E-state index contributed by atoms with van der Waals surface area (Å²) in [7, 11) is 0. The standard InChI is InChI=1S/C13H24N4O3/c1-6-9(11-15-8(2)20-17-11)16-12(19)14-7-10(18)13(3,4)5/h9-10,18H,6-7H2,1-5H3,(H2,14,16,19). The van der Waals surface area contributed by atoms with Crippen molar-refractivity contribution in [2.24, 2.45) is 5.41 Å². The number of aromatic nitrogens is 2. The first kappa shape index (κ1) is 16.4. The summed E-state index contributed by atoms with van der Waals surface area (Å²) in [6.07, 6.45) is 0.0366. The van der Waals surface area contributed by atoms with Crippen molar-refractivity contribution >= 4 is 6.03 Å². The molecule has 7 nitrogen and oxygen atoms in total.